The molecular weight excluding hydrogens is 318 g/mol. The summed E-state index contributed by atoms with van der Waals surface area (Å²) in [4.78, 5) is 16.5. The average Bonchev–Trinajstić information content (AvgIpc) is 2.36. The van der Waals surface area contributed by atoms with Gasteiger partial charge in [0.2, 0.25) is 5.91 Å². The van der Waals surface area contributed by atoms with E-state index in [1.165, 1.54) is 0 Å². The summed E-state index contributed by atoms with van der Waals surface area (Å²) in [5, 5.41) is 8.92. The van der Waals surface area contributed by atoms with Gasteiger partial charge in [0.1, 0.15) is 6.04 Å². The van der Waals surface area contributed by atoms with E-state index in [9.17, 15) is 4.79 Å². The molecule has 1 amide bonds. The maximum Gasteiger partial charge on any atom is 0.245 e. The van der Waals surface area contributed by atoms with Gasteiger partial charge in [0.15, 0.2) is 0 Å². The van der Waals surface area contributed by atoms with Crippen molar-refractivity contribution in [3.63, 3.8) is 0 Å². The van der Waals surface area contributed by atoms with Crippen molar-refractivity contribution in [2.75, 3.05) is 18.5 Å². The fraction of sp³-hybridized carbons (Fsp3) is 0.467. The molecule has 106 valence electrons. The Morgan fingerprint density at radius 1 is 1.40 bits per heavy atom. The molecule has 1 fully saturated rings. The highest BCUT2D eigenvalue weighted by Crippen LogP contribution is 2.32. The van der Waals surface area contributed by atoms with E-state index >= 15 is 0 Å². The third-order valence-electron chi connectivity index (χ3n) is 3.65. The summed E-state index contributed by atoms with van der Waals surface area (Å²) in [5.74, 6) is -0.00683. The van der Waals surface area contributed by atoms with Crippen molar-refractivity contribution in [3.05, 3.63) is 28.7 Å². The summed E-state index contributed by atoms with van der Waals surface area (Å²) in [6.45, 7) is 4.83. The Labute approximate surface area is 128 Å². The van der Waals surface area contributed by atoms with Crippen molar-refractivity contribution < 1.29 is 4.79 Å². The molecule has 1 saturated heterocycles. The number of nitrogens with zero attached hydrogens (tertiary/aromatic N) is 3. The molecule has 1 aliphatic heterocycles. The SMILES string of the molecule is CN1CC(C)(C)N(c2ccc(Br)cc2)C(=O)C1CC#N. The lowest BCUT2D eigenvalue weighted by Gasteiger charge is -2.49. The zero-order chi connectivity index (χ0) is 14.9. The Morgan fingerprint density at radius 3 is 2.55 bits per heavy atom. The summed E-state index contributed by atoms with van der Waals surface area (Å²) in [6, 6.07) is 9.46. The normalized spacial score (nSPS) is 22.6. The zero-order valence-corrected chi connectivity index (χ0v) is 13.5. The summed E-state index contributed by atoms with van der Waals surface area (Å²) in [7, 11) is 1.90. The topological polar surface area (TPSA) is 47.3 Å². The number of benzene rings is 1. The van der Waals surface area contributed by atoms with Gasteiger partial charge in [0.05, 0.1) is 18.0 Å². The van der Waals surface area contributed by atoms with Gasteiger partial charge in [-0.05, 0) is 45.2 Å². The maximum atomic E-state index is 12.7. The van der Waals surface area contributed by atoms with Gasteiger partial charge in [-0.25, -0.2) is 0 Å². The van der Waals surface area contributed by atoms with Gasteiger partial charge in [0.25, 0.3) is 0 Å². The van der Waals surface area contributed by atoms with Gasteiger partial charge >= 0.3 is 0 Å². The number of piperazine rings is 1. The minimum Gasteiger partial charge on any atom is -0.304 e. The van der Waals surface area contributed by atoms with E-state index in [1.54, 1.807) is 0 Å². The second kappa shape index (κ2) is 5.55. The molecule has 0 aliphatic carbocycles. The van der Waals surface area contributed by atoms with Crippen molar-refractivity contribution in [1.82, 2.24) is 4.90 Å². The third kappa shape index (κ3) is 2.72. The Kier molecular flexibility index (Phi) is 4.17. The standard InChI is InChI=1S/C15H18BrN3O/c1-15(2)10-18(3)13(8-9-17)14(20)19(15)12-6-4-11(16)5-7-12/h4-7,13H,8,10H2,1-3H3. The minimum absolute atomic E-state index is 0.00683. The molecular formula is C15H18BrN3O. The minimum atomic E-state index is -0.364. The molecule has 5 heteroatoms. The fourth-order valence-electron chi connectivity index (χ4n) is 2.82. The first-order chi connectivity index (χ1) is 9.36. The molecule has 1 aromatic rings. The van der Waals surface area contributed by atoms with E-state index < -0.39 is 0 Å². The number of carbonyl (C=O) groups is 1. The summed E-state index contributed by atoms with van der Waals surface area (Å²) >= 11 is 3.40. The lowest BCUT2D eigenvalue weighted by Crippen LogP contribution is -2.65. The van der Waals surface area contributed by atoms with Gasteiger partial charge in [-0.15, -0.1) is 0 Å². The first-order valence-corrected chi connectivity index (χ1v) is 7.33. The second-order valence-corrected chi connectivity index (χ2v) is 6.67. The van der Waals surface area contributed by atoms with Crippen LogP contribution in [0.4, 0.5) is 5.69 Å². The molecule has 4 nitrogen and oxygen atoms in total. The van der Waals surface area contributed by atoms with Crippen LogP contribution in [-0.2, 0) is 4.79 Å². The lowest BCUT2D eigenvalue weighted by molar-refractivity contribution is -0.127. The van der Waals surface area contributed by atoms with Gasteiger partial charge in [-0.1, -0.05) is 15.9 Å². The van der Waals surface area contributed by atoms with Crippen molar-refractivity contribution in [2.24, 2.45) is 0 Å². The van der Waals surface area contributed by atoms with Crippen molar-refractivity contribution in [2.45, 2.75) is 31.8 Å². The summed E-state index contributed by atoms with van der Waals surface area (Å²) in [5.41, 5.74) is 0.574. The lowest BCUT2D eigenvalue weighted by atomic mass is 9.93. The number of halogens is 1. The number of hydrogen-bond acceptors (Lipinski definition) is 3. The van der Waals surface area contributed by atoms with Crippen LogP contribution in [0.25, 0.3) is 0 Å². The number of likely N-dealkylation sites (N-methyl/N-ethyl adjacent to an activating group) is 1. The van der Waals surface area contributed by atoms with E-state index in [0.717, 1.165) is 16.7 Å². The first kappa shape index (κ1) is 15.0. The van der Waals surface area contributed by atoms with Crippen LogP contribution in [0.2, 0.25) is 0 Å². The van der Waals surface area contributed by atoms with E-state index in [0.29, 0.717) is 0 Å². The fourth-order valence-corrected chi connectivity index (χ4v) is 3.09. The number of rotatable bonds is 2. The van der Waals surface area contributed by atoms with Crippen LogP contribution in [0.3, 0.4) is 0 Å². The quantitative estimate of drug-likeness (QED) is 0.834. The monoisotopic (exact) mass is 335 g/mol. The van der Waals surface area contributed by atoms with Crippen LogP contribution in [0.15, 0.2) is 28.7 Å². The Hall–Kier alpha value is -1.38. The average molecular weight is 336 g/mol. The maximum absolute atomic E-state index is 12.7. The molecule has 0 aromatic heterocycles. The number of nitriles is 1. The van der Waals surface area contributed by atoms with Gasteiger partial charge in [-0.2, -0.15) is 5.26 Å². The Morgan fingerprint density at radius 2 is 2.00 bits per heavy atom. The largest absolute Gasteiger partial charge is 0.304 e. The van der Waals surface area contributed by atoms with Gasteiger partial charge in [-0.3, -0.25) is 9.69 Å². The van der Waals surface area contributed by atoms with Crippen LogP contribution in [-0.4, -0.2) is 36.0 Å². The van der Waals surface area contributed by atoms with Crippen LogP contribution >= 0.6 is 15.9 Å². The highest BCUT2D eigenvalue weighted by Gasteiger charge is 2.43. The van der Waals surface area contributed by atoms with Crippen molar-refractivity contribution in [1.29, 1.82) is 5.26 Å². The Bertz CT molecular complexity index is 547. The molecule has 2 rings (SSSR count). The van der Waals surface area contributed by atoms with Crippen LogP contribution in [0.5, 0.6) is 0 Å². The molecule has 20 heavy (non-hydrogen) atoms. The zero-order valence-electron chi connectivity index (χ0n) is 11.9. The number of carbonyl (C=O) groups excluding carboxylic acids is 1. The third-order valence-corrected chi connectivity index (χ3v) is 4.18. The predicted molar refractivity (Wildman–Crippen MR) is 82.4 cm³/mol. The number of anilines is 1. The summed E-state index contributed by atoms with van der Waals surface area (Å²) < 4.78 is 0.981. The molecule has 0 saturated carbocycles. The smallest absolute Gasteiger partial charge is 0.245 e. The molecule has 1 unspecified atom stereocenters. The molecule has 1 atom stereocenters. The number of hydrogen-bond donors (Lipinski definition) is 0. The predicted octanol–water partition coefficient (Wildman–Crippen LogP) is 2.79. The molecule has 0 bridgehead atoms. The van der Waals surface area contributed by atoms with E-state index in [4.69, 9.17) is 5.26 Å². The second-order valence-electron chi connectivity index (χ2n) is 5.76. The van der Waals surface area contributed by atoms with Crippen LogP contribution in [0.1, 0.15) is 20.3 Å². The highest BCUT2D eigenvalue weighted by atomic mass is 79.9. The van der Waals surface area contributed by atoms with Gasteiger partial charge < -0.3 is 4.90 Å². The van der Waals surface area contributed by atoms with Crippen LogP contribution in [0, 0.1) is 11.3 Å². The van der Waals surface area contributed by atoms with Gasteiger partial charge in [0, 0.05) is 16.7 Å². The molecule has 1 aliphatic rings. The van der Waals surface area contributed by atoms with Crippen LogP contribution < -0.4 is 4.90 Å². The van der Waals surface area contributed by atoms with E-state index in [1.807, 2.05) is 55.0 Å². The van der Waals surface area contributed by atoms with Crippen molar-refractivity contribution in [3.8, 4) is 6.07 Å². The van der Waals surface area contributed by atoms with E-state index in [-0.39, 0.29) is 23.9 Å². The Balaban J connectivity index is 2.40. The van der Waals surface area contributed by atoms with Crippen molar-refractivity contribution >= 4 is 27.5 Å². The molecule has 0 spiro atoms. The summed E-state index contributed by atoms with van der Waals surface area (Å²) in [6.07, 6.45) is 0.221. The first-order valence-electron chi connectivity index (χ1n) is 6.53. The van der Waals surface area contributed by atoms with E-state index in [2.05, 4.69) is 22.0 Å². The highest BCUT2D eigenvalue weighted by molar-refractivity contribution is 9.10. The molecule has 1 aromatic carbocycles. The molecule has 0 radical (unpaired) electrons. The number of amides is 1. The molecule has 0 N–H and O–H groups in total. The molecule has 1 heterocycles.